The molecule has 0 fully saturated rings. The van der Waals surface area contributed by atoms with Crippen LogP contribution in [-0.2, 0) is 14.4 Å². The first kappa shape index (κ1) is 9.35. The fraction of sp³-hybridized carbons (Fsp3) is 0.167. The van der Waals surface area contributed by atoms with Crippen LogP contribution in [0.15, 0.2) is 12.2 Å². The molecule has 60 valence electrons. The molecule has 5 heteroatoms. The van der Waals surface area contributed by atoms with Crippen molar-refractivity contribution in [2.24, 2.45) is 0 Å². The molecule has 0 aromatic heterocycles. The van der Waals surface area contributed by atoms with Gasteiger partial charge in [-0.25, -0.2) is 4.79 Å². The topological polar surface area (TPSA) is 83.5 Å². The molecule has 0 aliphatic rings. The molecule has 0 rings (SSSR count). The number of rotatable bonds is 1. The van der Waals surface area contributed by atoms with Crippen LogP contribution in [0.25, 0.3) is 0 Å². The molecule has 0 aromatic rings. The first-order valence-corrected chi connectivity index (χ1v) is 2.69. The molecule has 0 saturated heterocycles. The van der Waals surface area contributed by atoms with Crippen molar-refractivity contribution in [2.75, 3.05) is 0 Å². The lowest BCUT2D eigenvalue weighted by Gasteiger charge is -1.97. The second-order valence-electron chi connectivity index (χ2n) is 1.87. The molecule has 2 N–H and O–H groups in total. The molecule has 0 spiro atoms. The zero-order valence-corrected chi connectivity index (χ0v) is 5.88. The lowest BCUT2D eigenvalue weighted by atomic mass is 10.3. The largest absolute Gasteiger partial charge is 0.474 e. The Hall–Kier alpha value is -1.65. The summed E-state index contributed by atoms with van der Waals surface area (Å²) >= 11 is 0. The van der Waals surface area contributed by atoms with Crippen LogP contribution in [0, 0.1) is 0 Å². The summed E-state index contributed by atoms with van der Waals surface area (Å²) in [4.78, 5) is 30.7. The Kier molecular flexibility index (Phi) is 2.98. The summed E-state index contributed by atoms with van der Waals surface area (Å²) < 4.78 is 0. The van der Waals surface area contributed by atoms with Crippen LogP contribution in [0.2, 0.25) is 0 Å². The van der Waals surface area contributed by atoms with E-state index in [1.54, 1.807) is 5.32 Å². The quantitative estimate of drug-likeness (QED) is 0.389. The third kappa shape index (κ3) is 3.14. The second-order valence-corrected chi connectivity index (χ2v) is 1.87. The van der Waals surface area contributed by atoms with E-state index in [1.165, 1.54) is 6.92 Å². The van der Waals surface area contributed by atoms with E-state index in [1.807, 2.05) is 0 Å². The molecule has 11 heavy (non-hydrogen) atoms. The molecule has 0 saturated carbocycles. The van der Waals surface area contributed by atoms with Gasteiger partial charge in [-0.05, 0) is 6.92 Å². The van der Waals surface area contributed by atoms with Crippen molar-refractivity contribution >= 4 is 17.8 Å². The van der Waals surface area contributed by atoms with E-state index < -0.39 is 17.8 Å². The van der Waals surface area contributed by atoms with Crippen molar-refractivity contribution in [1.29, 1.82) is 0 Å². The van der Waals surface area contributed by atoms with Crippen LogP contribution in [-0.4, -0.2) is 22.9 Å². The lowest BCUT2D eigenvalue weighted by Crippen LogP contribution is -2.35. The number of aliphatic carboxylic acids is 1. The average molecular weight is 157 g/mol. The summed E-state index contributed by atoms with van der Waals surface area (Å²) in [5, 5.41) is 9.62. The van der Waals surface area contributed by atoms with Crippen LogP contribution in [0.5, 0.6) is 0 Å². The van der Waals surface area contributed by atoms with Crippen LogP contribution in [0.3, 0.4) is 0 Å². The van der Waals surface area contributed by atoms with Crippen molar-refractivity contribution in [3.05, 3.63) is 12.2 Å². The SMILES string of the molecule is C=C(C)C(=O)NC(=O)C(=O)O. The maximum absolute atomic E-state index is 10.6. The minimum atomic E-state index is -1.69. The zero-order chi connectivity index (χ0) is 9.02. The Balaban J connectivity index is 4.07. The Morgan fingerprint density at radius 1 is 1.27 bits per heavy atom. The maximum atomic E-state index is 10.6. The predicted molar refractivity (Wildman–Crippen MR) is 35.6 cm³/mol. The van der Waals surface area contributed by atoms with Gasteiger partial charge in [-0.1, -0.05) is 6.58 Å². The molecule has 0 aliphatic carbocycles. The molecule has 0 radical (unpaired) electrons. The summed E-state index contributed by atoms with van der Waals surface area (Å²) in [6.07, 6.45) is 0. The summed E-state index contributed by atoms with van der Waals surface area (Å²) in [6, 6.07) is 0. The molecular formula is C6H7NO4. The maximum Gasteiger partial charge on any atom is 0.394 e. The van der Waals surface area contributed by atoms with Gasteiger partial charge in [-0.2, -0.15) is 0 Å². The van der Waals surface area contributed by atoms with Gasteiger partial charge in [0.2, 0.25) is 0 Å². The van der Waals surface area contributed by atoms with Gasteiger partial charge in [-0.15, -0.1) is 0 Å². The number of carbonyl (C=O) groups is 3. The third-order valence-electron chi connectivity index (χ3n) is 0.809. The first-order chi connectivity index (χ1) is 4.95. The van der Waals surface area contributed by atoms with Gasteiger partial charge < -0.3 is 5.11 Å². The molecule has 0 heterocycles. The molecule has 5 nitrogen and oxygen atoms in total. The van der Waals surface area contributed by atoms with Gasteiger partial charge in [0.15, 0.2) is 0 Å². The van der Waals surface area contributed by atoms with E-state index in [4.69, 9.17) is 5.11 Å². The number of carboxylic acids is 1. The third-order valence-corrected chi connectivity index (χ3v) is 0.809. The molecule has 2 amide bonds. The molecule has 0 atom stereocenters. The molecule has 0 unspecified atom stereocenters. The highest BCUT2D eigenvalue weighted by Crippen LogP contribution is 1.84. The normalized spacial score (nSPS) is 8.45. The number of carbonyl (C=O) groups excluding carboxylic acids is 2. The van der Waals surface area contributed by atoms with E-state index in [-0.39, 0.29) is 5.57 Å². The zero-order valence-electron chi connectivity index (χ0n) is 5.88. The van der Waals surface area contributed by atoms with Crippen molar-refractivity contribution in [2.45, 2.75) is 6.92 Å². The van der Waals surface area contributed by atoms with Crippen molar-refractivity contribution < 1.29 is 19.5 Å². The fourth-order valence-corrected chi connectivity index (χ4v) is 0.263. The van der Waals surface area contributed by atoms with Crippen molar-refractivity contribution in [3.63, 3.8) is 0 Å². The average Bonchev–Trinajstić information content (AvgIpc) is 1.87. The molecule has 0 aliphatic heterocycles. The van der Waals surface area contributed by atoms with E-state index in [2.05, 4.69) is 6.58 Å². The highest BCUT2D eigenvalue weighted by atomic mass is 16.4. The highest BCUT2D eigenvalue weighted by Gasteiger charge is 2.14. The van der Waals surface area contributed by atoms with Crippen LogP contribution >= 0.6 is 0 Å². The Labute approximate surface area is 62.7 Å². The summed E-state index contributed by atoms with van der Waals surface area (Å²) in [5.74, 6) is -3.82. The number of nitrogens with one attached hydrogen (secondary N) is 1. The minimum Gasteiger partial charge on any atom is -0.474 e. The van der Waals surface area contributed by atoms with Gasteiger partial charge in [0.25, 0.3) is 5.91 Å². The fourth-order valence-electron chi connectivity index (χ4n) is 0.263. The molecular weight excluding hydrogens is 150 g/mol. The second kappa shape index (κ2) is 3.50. The van der Waals surface area contributed by atoms with Gasteiger partial charge >= 0.3 is 11.9 Å². The molecule has 0 aromatic carbocycles. The monoisotopic (exact) mass is 157 g/mol. The Morgan fingerprint density at radius 3 is 2.00 bits per heavy atom. The number of amides is 2. The van der Waals surface area contributed by atoms with E-state index in [9.17, 15) is 14.4 Å². The lowest BCUT2D eigenvalue weighted by molar-refractivity contribution is -0.151. The standard InChI is InChI=1S/C6H7NO4/c1-3(2)4(8)7-5(9)6(10)11/h1H2,2H3,(H,10,11)(H,7,8,9). The van der Waals surface area contributed by atoms with E-state index >= 15 is 0 Å². The Morgan fingerprint density at radius 2 is 1.73 bits per heavy atom. The number of hydrogen-bond donors (Lipinski definition) is 2. The summed E-state index contributed by atoms with van der Waals surface area (Å²) in [7, 11) is 0. The Bertz CT molecular complexity index is 207. The van der Waals surface area contributed by atoms with Crippen LogP contribution in [0.1, 0.15) is 6.92 Å². The summed E-state index contributed by atoms with van der Waals surface area (Å²) in [5.41, 5.74) is 0.0830. The predicted octanol–water partition coefficient (Wildman–Crippen LogP) is -0.710. The van der Waals surface area contributed by atoms with Gasteiger partial charge in [0.1, 0.15) is 0 Å². The van der Waals surface area contributed by atoms with Crippen molar-refractivity contribution in [3.8, 4) is 0 Å². The molecule has 0 bridgehead atoms. The van der Waals surface area contributed by atoms with Crippen molar-refractivity contribution in [1.82, 2.24) is 5.32 Å². The number of hydrogen-bond acceptors (Lipinski definition) is 3. The number of imide groups is 1. The smallest absolute Gasteiger partial charge is 0.394 e. The van der Waals surface area contributed by atoms with Gasteiger partial charge in [0, 0.05) is 5.57 Å². The van der Waals surface area contributed by atoms with E-state index in [0.717, 1.165) is 0 Å². The first-order valence-electron chi connectivity index (χ1n) is 2.69. The highest BCUT2D eigenvalue weighted by molar-refractivity contribution is 6.35. The van der Waals surface area contributed by atoms with Gasteiger partial charge in [-0.3, -0.25) is 14.9 Å². The van der Waals surface area contributed by atoms with E-state index in [0.29, 0.717) is 0 Å². The summed E-state index contributed by atoms with van der Waals surface area (Å²) in [6.45, 7) is 4.58. The van der Waals surface area contributed by atoms with Gasteiger partial charge in [0.05, 0.1) is 0 Å². The number of carboxylic acid groups (broad SMARTS) is 1. The van der Waals surface area contributed by atoms with Crippen LogP contribution < -0.4 is 5.32 Å². The minimum absolute atomic E-state index is 0.0830. The van der Waals surface area contributed by atoms with Crippen LogP contribution in [0.4, 0.5) is 0 Å².